The molecule has 5 heteroatoms. The van der Waals surface area contributed by atoms with Crippen molar-refractivity contribution in [3.8, 4) is 0 Å². The average molecular weight is 193 g/mol. The number of likely N-dealkylation sites (N-methyl/N-ethyl adjacent to an activating group) is 1. The molecule has 72 valence electrons. The largest absolute Gasteiger partial charge is 0.396 e. The quantitative estimate of drug-likeness (QED) is 0.595. The molecule has 0 aliphatic rings. The number of rotatable bonds is 6. The molecule has 0 aromatic rings. The zero-order valence-electron chi connectivity index (χ0n) is 7.23. The minimum absolute atomic E-state index is 0.00611. The lowest BCUT2D eigenvalue weighted by Gasteiger charge is -2.13. The summed E-state index contributed by atoms with van der Waals surface area (Å²) in [4.78, 5) is 0. The predicted octanol–water partition coefficient (Wildman–Crippen LogP) is -0.184. The Hall–Kier alpha value is -0.390. The lowest BCUT2D eigenvalue weighted by molar-refractivity contribution is 0.294. The monoisotopic (exact) mass is 193 g/mol. The maximum Gasteiger partial charge on any atom is 0.214 e. The standard InChI is InChI=1S/C7H15NO3S/c1-3-5-8(2)12(10,11)7-4-6-9/h3,9H,1,4-7H2,2H3. The Labute approximate surface area is 73.6 Å². The molecule has 0 atom stereocenters. The van der Waals surface area contributed by atoms with Gasteiger partial charge in [-0.3, -0.25) is 0 Å². The summed E-state index contributed by atoms with van der Waals surface area (Å²) in [6.07, 6.45) is 1.81. The Morgan fingerprint density at radius 2 is 2.17 bits per heavy atom. The third-order valence-corrected chi connectivity index (χ3v) is 3.32. The van der Waals surface area contributed by atoms with Gasteiger partial charge in [0.25, 0.3) is 0 Å². The van der Waals surface area contributed by atoms with Crippen LogP contribution in [-0.2, 0) is 10.0 Å². The van der Waals surface area contributed by atoms with Gasteiger partial charge in [0.05, 0.1) is 5.75 Å². The summed E-state index contributed by atoms with van der Waals surface area (Å²) < 4.78 is 23.7. The summed E-state index contributed by atoms with van der Waals surface area (Å²) in [5, 5.41) is 8.44. The summed E-state index contributed by atoms with van der Waals surface area (Å²) in [5.41, 5.74) is 0. The third kappa shape index (κ3) is 3.85. The molecular weight excluding hydrogens is 178 g/mol. The molecule has 0 saturated carbocycles. The second-order valence-corrected chi connectivity index (χ2v) is 4.66. The highest BCUT2D eigenvalue weighted by molar-refractivity contribution is 7.89. The van der Waals surface area contributed by atoms with E-state index >= 15 is 0 Å². The van der Waals surface area contributed by atoms with Gasteiger partial charge < -0.3 is 5.11 Å². The zero-order chi connectivity index (χ0) is 9.61. The first-order chi connectivity index (χ1) is 5.54. The van der Waals surface area contributed by atoms with Gasteiger partial charge in [-0.15, -0.1) is 6.58 Å². The van der Waals surface area contributed by atoms with Crippen LogP contribution in [-0.4, -0.2) is 43.8 Å². The third-order valence-electron chi connectivity index (χ3n) is 1.42. The fraction of sp³-hybridized carbons (Fsp3) is 0.714. The minimum atomic E-state index is -3.18. The molecule has 4 nitrogen and oxygen atoms in total. The van der Waals surface area contributed by atoms with Crippen LogP contribution in [0.4, 0.5) is 0 Å². The van der Waals surface area contributed by atoms with E-state index in [1.54, 1.807) is 0 Å². The van der Waals surface area contributed by atoms with Crippen molar-refractivity contribution in [2.24, 2.45) is 0 Å². The van der Waals surface area contributed by atoms with Crippen LogP contribution < -0.4 is 0 Å². The van der Waals surface area contributed by atoms with Gasteiger partial charge in [-0.2, -0.15) is 0 Å². The molecule has 0 saturated heterocycles. The van der Waals surface area contributed by atoms with Gasteiger partial charge in [-0.25, -0.2) is 12.7 Å². The van der Waals surface area contributed by atoms with Crippen LogP contribution in [0.2, 0.25) is 0 Å². The summed E-state index contributed by atoms with van der Waals surface area (Å²) in [6.45, 7) is 3.66. The van der Waals surface area contributed by atoms with Crippen LogP contribution in [0, 0.1) is 0 Å². The molecule has 0 unspecified atom stereocenters. The van der Waals surface area contributed by atoms with Crippen LogP contribution >= 0.6 is 0 Å². The second-order valence-electron chi connectivity index (χ2n) is 2.46. The molecular formula is C7H15NO3S. The SMILES string of the molecule is C=CCN(C)S(=O)(=O)CCCO. The number of hydrogen-bond acceptors (Lipinski definition) is 3. The van der Waals surface area contributed by atoms with Crippen LogP contribution in [0.5, 0.6) is 0 Å². The molecule has 0 aliphatic heterocycles. The number of nitrogens with zero attached hydrogens (tertiary/aromatic N) is 1. The highest BCUT2D eigenvalue weighted by atomic mass is 32.2. The van der Waals surface area contributed by atoms with Gasteiger partial charge in [0.15, 0.2) is 0 Å². The van der Waals surface area contributed by atoms with Crippen molar-refractivity contribution in [1.29, 1.82) is 0 Å². The van der Waals surface area contributed by atoms with Crippen LogP contribution in [0.25, 0.3) is 0 Å². The first kappa shape index (κ1) is 11.6. The summed E-state index contributed by atoms with van der Waals surface area (Å²) >= 11 is 0. The van der Waals surface area contributed by atoms with E-state index in [-0.39, 0.29) is 18.8 Å². The maximum atomic E-state index is 11.2. The molecule has 0 spiro atoms. The number of hydrogen-bond donors (Lipinski definition) is 1. The van der Waals surface area contributed by atoms with E-state index in [1.807, 2.05) is 0 Å². The highest BCUT2D eigenvalue weighted by Crippen LogP contribution is 1.99. The lowest BCUT2D eigenvalue weighted by atomic mass is 10.5. The summed E-state index contributed by atoms with van der Waals surface area (Å²) in [5.74, 6) is -0.00611. The Morgan fingerprint density at radius 1 is 1.58 bits per heavy atom. The normalized spacial score (nSPS) is 11.9. The van der Waals surface area contributed by atoms with Gasteiger partial charge >= 0.3 is 0 Å². The van der Waals surface area contributed by atoms with E-state index in [0.717, 1.165) is 0 Å². The Kier molecular flexibility index (Phi) is 5.12. The van der Waals surface area contributed by atoms with Crippen molar-refractivity contribution < 1.29 is 13.5 Å². The van der Waals surface area contributed by atoms with Crippen LogP contribution in [0.1, 0.15) is 6.42 Å². The summed E-state index contributed by atoms with van der Waals surface area (Å²) in [6, 6.07) is 0. The minimum Gasteiger partial charge on any atom is -0.396 e. The number of sulfonamides is 1. The molecule has 0 aliphatic carbocycles. The molecule has 12 heavy (non-hydrogen) atoms. The molecule has 0 radical (unpaired) electrons. The van der Waals surface area contributed by atoms with E-state index < -0.39 is 10.0 Å². The second kappa shape index (κ2) is 5.29. The molecule has 0 bridgehead atoms. The molecule has 0 aromatic carbocycles. The Morgan fingerprint density at radius 3 is 2.58 bits per heavy atom. The van der Waals surface area contributed by atoms with Gasteiger partial charge in [-0.1, -0.05) is 6.08 Å². The van der Waals surface area contributed by atoms with Gasteiger partial charge in [0.2, 0.25) is 10.0 Å². The molecule has 1 N–H and O–H groups in total. The average Bonchev–Trinajstić information content (AvgIpc) is 2.01. The van der Waals surface area contributed by atoms with Crippen molar-refractivity contribution in [2.75, 3.05) is 26.0 Å². The Balaban J connectivity index is 4.10. The van der Waals surface area contributed by atoms with Crippen molar-refractivity contribution in [2.45, 2.75) is 6.42 Å². The highest BCUT2D eigenvalue weighted by Gasteiger charge is 2.14. The van der Waals surface area contributed by atoms with Gasteiger partial charge in [0, 0.05) is 20.2 Å². The molecule has 0 heterocycles. The smallest absolute Gasteiger partial charge is 0.214 e. The van der Waals surface area contributed by atoms with E-state index in [2.05, 4.69) is 6.58 Å². The Bertz CT molecular complexity index is 223. The van der Waals surface area contributed by atoms with Crippen molar-refractivity contribution in [3.05, 3.63) is 12.7 Å². The van der Waals surface area contributed by atoms with E-state index in [0.29, 0.717) is 6.54 Å². The van der Waals surface area contributed by atoms with E-state index in [9.17, 15) is 8.42 Å². The van der Waals surface area contributed by atoms with Crippen LogP contribution in [0.15, 0.2) is 12.7 Å². The molecule has 0 amide bonds. The van der Waals surface area contributed by atoms with E-state index in [1.165, 1.54) is 17.4 Å². The predicted molar refractivity (Wildman–Crippen MR) is 48.3 cm³/mol. The molecule has 0 aromatic heterocycles. The van der Waals surface area contributed by atoms with Gasteiger partial charge in [0.1, 0.15) is 0 Å². The lowest BCUT2D eigenvalue weighted by Crippen LogP contribution is -2.29. The number of aliphatic hydroxyl groups excluding tert-OH is 1. The first-order valence-corrected chi connectivity index (χ1v) is 5.31. The number of aliphatic hydroxyl groups is 1. The zero-order valence-corrected chi connectivity index (χ0v) is 8.05. The fourth-order valence-electron chi connectivity index (χ4n) is 0.698. The topological polar surface area (TPSA) is 57.6 Å². The molecule has 0 rings (SSSR count). The van der Waals surface area contributed by atoms with Crippen molar-refractivity contribution in [3.63, 3.8) is 0 Å². The first-order valence-electron chi connectivity index (χ1n) is 3.70. The molecule has 0 fully saturated rings. The summed E-state index contributed by atoms with van der Waals surface area (Å²) in [7, 11) is -1.69. The fourth-order valence-corrected chi connectivity index (χ4v) is 1.84. The van der Waals surface area contributed by atoms with Crippen molar-refractivity contribution >= 4 is 10.0 Å². The maximum absolute atomic E-state index is 11.2. The van der Waals surface area contributed by atoms with Crippen molar-refractivity contribution in [1.82, 2.24) is 4.31 Å². The van der Waals surface area contributed by atoms with Gasteiger partial charge in [-0.05, 0) is 6.42 Å². The van der Waals surface area contributed by atoms with E-state index in [4.69, 9.17) is 5.11 Å². The van der Waals surface area contributed by atoms with Crippen LogP contribution in [0.3, 0.4) is 0 Å².